The molecule has 0 bridgehead atoms. The van der Waals surface area contributed by atoms with E-state index in [1.54, 1.807) is 17.0 Å². The molecule has 1 unspecified atom stereocenters. The second-order valence-corrected chi connectivity index (χ2v) is 10.4. The zero-order chi connectivity index (χ0) is 28.4. The van der Waals surface area contributed by atoms with Gasteiger partial charge >= 0.3 is 0 Å². The molecule has 0 aliphatic heterocycles. The number of benzene rings is 3. The highest BCUT2D eigenvalue weighted by Gasteiger charge is 2.37. The Morgan fingerprint density at radius 2 is 1.83 bits per heavy atom. The van der Waals surface area contributed by atoms with Crippen molar-refractivity contribution in [3.8, 4) is 11.3 Å². The number of hydrogen-bond acceptors (Lipinski definition) is 8. The lowest BCUT2D eigenvalue weighted by atomic mass is 9.82. The highest BCUT2D eigenvalue weighted by molar-refractivity contribution is 6.30. The lowest BCUT2D eigenvalue weighted by Gasteiger charge is -2.30. The van der Waals surface area contributed by atoms with Gasteiger partial charge in [0.1, 0.15) is 0 Å². The number of halogens is 1. The first-order valence-corrected chi connectivity index (χ1v) is 13.8. The average molecular weight is 569 g/mol. The molecule has 6 aromatic rings. The molecule has 0 radical (unpaired) electrons. The summed E-state index contributed by atoms with van der Waals surface area (Å²) in [6.07, 6.45) is 5.06. The number of aliphatic hydroxyl groups excluding tert-OH is 1. The molecule has 3 aromatic heterocycles. The molecule has 3 aromatic carbocycles. The van der Waals surface area contributed by atoms with Crippen molar-refractivity contribution in [2.24, 2.45) is 7.05 Å². The van der Waals surface area contributed by atoms with Gasteiger partial charge in [-0.25, -0.2) is 9.97 Å². The number of hydrogen-bond donors (Lipinski definition) is 3. The maximum atomic E-state index is 12.6. The van der Waals surface area contributed by atoms with E-state index in [1.165, 1.54) is 0 Å². The highest BCUT2D eigenvalue weighted by Crippen LogP contribution is 2.39. The van der Waals surface area contributed by atoms with Gasteiger partial charge in [-0.3, -0.25) is 0 Å². The predicted octanol–water partition coefficient (Wildman–Crippen LogP) is 3.87. The number of aryl methyl sites for hydroxylation is 1. The molecule has 0 spiro atoms. The van der Waals surface area contributed by atoms with Gasteiger partial charge in [0.25, 0.3) is 5.78 Å². The Balaban J connectivity index is 1.48. The van der Waals surface area contributed by atoms with Crippen molar-refractivity contribution < 1.29 is 10.2 Å². The van der Waals surface area contributed by atoms with E-state index in [9.17, 15) is 5.11 Å². The molecular weight excluding hydrogens is 540 g/mol. The summed E-state index contributed by atoms with van der Waals surface area (Å²) in [6, 6.07) is 21.1. The van der Waals surface area contributed by atoms with Crippen molar-refractivity contribution in [3.63, 3.8) is 0 Å². The summed E-state index contributed by atoms with van der Waals surface area (Å²) in [7, 11) is 1.86. The molecule has 10 nitrogen and oxygen atoms in total. The normalized spacial score (nSPS) is 13.2. The molecule has 3 heterocycles. The van der Waals surface area contributed by atoms with Crippen molar-refractivity contribution in [3.05, 3.63) is 107 Å². The summed E-state index contributed by atoms with van der Waals surface area (Å²) in [5.41, 5.74) is 3.74. The number of imidazole rings is 1. The molecule has 11 heteroatoms. The summed E-state index contributed by atoms with van der Waals surface area (Å²) in [5, 5.41) is 38.4. The van der Waals surface area contributed by atoms with Crippen LogP contribution in [-0.4, -0.2) is 57.9 Å². The molecule has 0 fully saturated rings. The van der Waals surface area contributed by atoms with Crippen LogP contribution < -0.4 is 5.32 Å². The Morgan fingerprint density at radius 3 is 2.59 bits per heavy atom. The van der Waals surface area contributed by atoms with Gasteiger partial charge in [-0.05, 0) is 70.8 Å². The summed E-state index contributed by atoms with van der Waals surface area (Å²) in [5.74, 6) is 0.364. The number of rotatable bonds is 10. The Kier molecular flexibility index (Phi) is 7.46. The number of fused-ring (bicyclic) bond motifs is 3. The van der Waals surface area contributed by atoms with Crippen LogP contribution in [0.1, 0.15) is 35.2 Å². The third-order valence-corrected chi connectivity index (χ3v) is 7.55. The Morgan fingerprint density at radius 1 is 1.00 bits per heavy atom. The number of nitrogens with zero attached hydrogens (tertiary/aromatic N) is 7. The summed E-state index contributed by atoms with van der Waals surface area (Å²) in [6.45, 7) is 1.73. The van der Waals surface area contributed by atoms with Crippen LogP contribution in [0.25, 0.3) is 27.9 Å². The number of aromatic nitrogens is 7. The van der Waals surface area contributed by atoms with E-state index >= 15 is 0 Å². The van der Waals surface area contributed by atoms with Crippen LogP contribution >= 0.6 is 11.6 Å². The van der Waals surface area contributed by atoms with Crippen LogP contribution in [0, 0.1) is 0 Å². The van der Waals surface area contributed by atoms with Crippen LogP contribution in [0.5, 0.6) is 0 Å². The monoisotopic (exact) mass is 568 g/mol. The Hall–Kier alpha value is -4.22. The van der Waals surface area contributed by atoms with Crippen LogP contribution in [0.2, 0.25) is 5.02 Å². The molecule has 0 amide bonds. The summed E-state index contributed by atoms with van der Waals surface area (Å²) >= 11 is 6.34. The second kappa shape index (κ2) is 11.3. The molecule has 0 aliphatic rings. The fraction of sp³-hybridized carbons (Fsp3) is 0.233. The van der Waals surface area contributed by atoms with E-state index in [2.05, 4.69) is 25.8 Å². The largest absolute Gasteiger partial charge is 0.396 e. The minimum atomic E-state index is -1.52. The number of unbranched alkanes of at least 4 members (excludes halogenated alkanes) is 1. The SMILES string of the molecule is Cn1cncc1C(O)(c1ccc(CNCCCCO)cc1)c1ccc2c(c1)c(-c1cccc(Cl)c1)nc1nnnn12. The lowest BCUT2D eigenvalue weighted by molar-refractivity contribution is 0.117. The second-order valence-electron chi connectivity index (χ2n) is 10.00. The fourth-order valence-electron chi connectivity index (χ4n) is 5.19. The van der Waals surface area contributed by atoms with Gasteiger partial charge in [0.2, 0.25) is 0 Å². The first kappa shape index (κ1) is 27.0. The van der Waals surface area contributed by atoms with Crippen molar-refractivity contribution in [2.75, 3.05) is 13.2 Å². The number of nitrogens with one attached hydrogen (secondary N) is 1. The molecule has 208 valence electrons. The van der Waals surface area contributed by atoms with E-state index in [1.807, 2.05) is 78.3 Å². The van der Waals surface area contributed by atoms with Gasteiger partial charge in [-0.1, -0.05) is 59.2 Å². The molecular formula is C30H29ClN8O2. The average Bonchev–Trinajstić information content (AvgIpc) is 3.65. The predicted molar refractivity (Wildman–Crippen MR) is 156 cm³/mol. The van der Waals surface area contributed by atoms with Gasteiger partial charge in [-0.15, -0.1) is 0 Å². The van der Waals surface area contributed by atoms with Crippen molar-refractivity contribution >= 4 is 28.3 Å². The Labute approximate surface area is 241 Å². The highest BCUT2D eigenvalue weighted by atomic mass is 35.5. The quantitative estimate of drug-likeness (QED) is 0.213. The van der Waals surface area contributed by atoms with Crippen LogP contribution in [0.15, 0.2) is 79.3 Å². The molecule has 6 rings (SSSR count). The minimum Gasteiger partial charge on any atom is -0.396 e. The molecule has 0 saturated carbocycles. The zero-order valence-electron chi connectivity index (χ0n) is 22.4. The first-order valence-electron chi connectivity index (χ1n) is 13.4. The van der Waals surface area contributed by atoms with Crippen LogP contribution in [-0.2, 0) is 19.2 Å². The third-order valence-electron chi connectivity index (χ3n) is 7.31. The zero-order valence-corrected chi connectivity index (χ0v) is 23.2. The van der Waals surface area contributed by atoms with E-state index in [4.69, 9.17) is 21.7 Å². The van der Waals surface area contributed by atoms with E-state index in [-0.39, 0.29) is 6.61 Å². The minimum absolute atomic E-state index is 0.203. The first-order chi connectivity index (χ1) is 20.0. The van der Waals surface area contributed by atoms with Gasteiger partial charge < -0.3 is 20.1 Å². The topological polar surface area (TPSA) is 126 Å². The van der Waals surface area contributed by atoms with E-state index in [0.29, 0.717) is 39.9 Å². The van der Waals surface area contributed by atoms with Crippen molar-refractivity contribution in [2.45, 2.75) is 25.0 Å². The molecule has 3 N–H and O–H groups in total. The van der Waals surface area contributed by atoms with Gasteiger partial charge in [0, 0.05) is 36.2 Å². The molecule has 41 heavy (non-hydrogen) atoms. The van der Waals surface area contributed by atoms with Crippen molar-refractivity contribution in [1.29, 1.82) is 0 Å². The molecule has 0 saturated heterocycles. The lowest BCUT2D eigenvalue weighted by Crippen LogP contribution is -2.31. The smallest absolute Gasteiger partial charge is 0.274 e. The van der Waals surface area contributed by atoms with Crippen LogP contribution in [0.3, 0.4) is 0 Å². The number of tetrazole rings is 1. The standard InChI is InChI=1S/C30H29ClN8O2/c1-38-19-33-18-27(38)30(41,22-9-7-20(8-10-22)17-32-13-2-3-14-40)23-11-12-26-25(16-23)28(21-5-4-6-24(31)15-21)34-29-35-36-37-39(26)29/h4-12,15-16,18-19,32,40-41H,2-3,13-14,17H2,1H3. The van der Waals surface area contributed by atoms with Gasteiger partial charge in [-0.2, -0.15) is 4.52 Å². The van der Waals surface area contributed by atoms with Crippen molar-refractivity contribution in [1.82, 2.24) is 39.9 Å². The van der Waals surface area contributed by atoms with Gasteiger partial charge in [0.15, 0.2) is 5.60 Å². The molecule has 0 aliphatic carbocycles. The fourth-order valence-corrected chi connectivity index (χ4v) is 5.38. The maximum absolute atomic E-state index is 12.6. The summed E-state index contributed by atoms with van der Waals surface area (Å²) < 4.78 is 3.40. The Bertz CT molecular complexity index is 1820. The summed E-state index contributed by atoms with van der Waals surface area (Å²) in [4.78, 5) is 9.07. The van der Waals surface area contributed by atoms with E-state index in [0.717, 1.165) is 41.4 Å². The molecule has 1 atom stereocenters. The van der Waals surface area contributed by atoms with Gasteiger partial charge in [0.05, 0.1) is 29.4 Å². The van der Waals surface area contributed by atoms with E-state index < -0.39 is 5.60 Å². The third kappa shape index (κ3) is 5.07. The van der Waals surface area contributed by atoms with Crippen LogP contribution in [0.4, 0.5) is 0 Å². The number of aliphatic hydroxyl groups is 2. The maximum Gasteiger partial charge on any atom is 0.274 e.